The van der Waals surface area contributed by atoms with Crippen LogP contribution in [0.3, 0.4) is 0 Å². The molecule has 0 aromatic rings. The second-order valence-corrected chi connectivity index (χ2v) is 3.24. The fraction of sp³-hybridized carbons (Fsp3) is 0.600. The summed E-state index contributed by atoms with van der Waals surface area (Å²) in [5, 5.41) is 0. The van der Waals surface area contributed by atoms with Gasteiger partial charge >= 0.3 is 0 Å². The van der Waals surface area contributed by atoms with E-state index >= 15 is 0 Å². The third-order valence-electron chi connectivity index (χ3n) is 1.91. The Labute approximate surface area is 68.8 Å². The minimum Gasteiger partial charge on any atom is -0.371 e. The van der Waals surface area contributed by atoms with E-state index in [0.717, 1.165) is 13.0 Å². The predicted molar refractivity (Wildman–Crippen MR) is 47.5 cm³/mol. The molecule has 1 unspecified atom stereocenters. The molecule has 0 aromatic carbocycles. The lowest BCUT2D eigenvalue weighted by atomic mass is 9.94. The summed E-state index contributed by atoms with van der Waals surface area (Å²) in [4.78, 5) is 0. The van der Waals surface area contributed by atoms with Gasteiger partial charge in [0.05, 0.1) is 5.60 Å². The number of hydrogen-bond donors (Lipinski definition) is 0. The number of ether oxygens (including phenoxy) is 1. The van der Waals surface area contributed by atoms with Crippen LogP contribution in [0.15, 0.2) is 23.8 Å². The highest BCUT2D eigenvalue weighted by Gasteiger charge is 2.21. The van der Waals surface area contributed by atoms with Gasteiger partial charge in [0.15, 0.2) is 0 Å². The molecule has 0 heterocycles. The minimum atomic E-state index is -0.0480. The van der Waals surface area contributed by atoms with E-state index in [1.165, 1.54) is 5.57 Å². The van der Waals surface area contributed by atoms with E-state index in [4.69, 9.17) is 4.74 Å². The van der Waals surface area contributed by atoms with Gasteiger partial charge in [-0.2, -0.15) is 0 Å². The maximum atomic E-state index is 5.61. The van der Waals surface area contributed by atoms with Crippen molar-refractivity contribution in [1.29, 1.82) is 0 Å². The zero-order valence-electron chi connectivity index (χ0n) is 7.55. The fourth-order valence-corrected chi connectivity index (χ4v) is 1.50. The van der Waals surface area contributed by atoms with E-state index in [1.54, 1.807) is 0 Å². The Morgan fingerprint density at radius 1 is 1.64 bits per heavy atom. The van der Waals surface area contributed by atoms with Gasteiger partial charge in [0.2, 0.25) is 0 Å². The zero-order chi connectivity index (χ0) is 8.32. The van der Waals surface area contributed by atoms with Gasteiger partial charge in [-0.1, -0.05) is 17.7 Å². The smallest absolute Gasteiger partial charge is 0.0874 e. The average Bonchev–Trinajstić information content (AvgIpc) is 1.86. The van der Waals surface area contributed by atoms with Crippen LogP contribution in [-0.2, 0) is 4.74 Å². The van der Waals surface area contributed by atoms with Crippen molar-refractivity contribution in [2.24, 2.45) is 0 Å². The Hall–Kier alpha value is -0.560. The molecule has 0 radical (unpaired) electrons. The number of allylic oxidation sites excluding steroid dienone is 2. The van der Waals surface area contributed by atoms with E-state index in [9.17, 15) is 0 Å². The van der Waals surface area contributed by atoms with Gasteiger partial charge in [0.25, 0.3) is 0 Å². The molecule has 0 saturated carbocycles. The molecule has 0 spiro atoms. The molecule has 1 heteroatoms. The molecule has 0 saturated heterocycles. The highest BCUT2D eigenvalue weighted by molar-refractivity contribution is 5.26. The summed E-state index contributed by atoms with van der Waals surface area (Å²) < 4.78 is 5.61. The van der Waals surface area contributed by atoms with Gasteiger partial charge in [-0.3, -0.25) is 0 Å². The molecular formula is C10H16O. The Balaban J connectivity index is 2.66. The lowest BCUT2D eigenvalue weighted by molar-refractivity contribution is 0.0148. The quantitative estimate of drug-likeness (QED) is 0.591. The summed E-state index contributed by atoms with van der Waals surface area (Å²) in [6.45, 7) is 7.05. The molecule has 1 nitrogen and oxygen atoms in total. The first-order valence-electron chi connectivity index (χ1n) is 4.16. The lowest BCUT2D eigenvalue weighted by Crippen LogP contribution is -2.27. The van der Waals surface area contributed by atoms with Gasteiger partial charge in [0.1, 0.15) is 0 Å². The number of hydrogen-bond acceptors (Lipinski definition) is 1. The largest absolute Gasteiger partial charge is 0.371 e. The normalized spacial score (nSPS) is 30.3. The summed E-state index contributed by atoms with van der Waals surface area (Å²) in [7, 11) is 0. The molecule has 1 aliphatic carbocycles. The molecule has 0 aromatic heterocycles. The SMILES string of the molecule is CCOC1(C)C=C(C)C=CC1. The highest BCUT2D eigenvalue weighted by Crippen LogP contribution is 2.24. The average molecular weight is 152 g/mol. The first kappa shape index (κ1) is 8.54. The van der Waals surface area contributed by atoms with Gasteiger partial charge in [0, 0.05) is 6.61 Å². The topological polar surface area (TPSA) is 9.23 Å². The lowest BCUT2D eigenvalue weighted by Gasteiger charge is -2.27. The van der Waals surface area contributed by atoms with E-state index in [1.807, 2.05) is 6.92 Å². The third-order valence-corrected chi connectivity index (χ3v) is 1.91. The summed E-state index contributed by atoms with van der Waals surface area (Å²) in [5.74, 6) is 0. The standard InChI is InChI=1S/C10H16O/c1-4-11-10(3)7-5-6-9(2)8-10/h5-6,8H,4,7H2,1-3H3. The van der Waals surface area contributed by atoms with Crippen LogP contribution in [0.25, 0.3) is 0 Å². The Bertz CT molecular complexity index is 191. The predicted octanol–water partition coefficient (Wildman–Crippen LogP) is 2.69. The first-order valence-corrected chi connectivity index (χ1v) is 4.16. The van der Waals surface area contributed by atoms with Gasteiger partial charge < -0.3 is 4.74 Å². The van der Waals surface area contributed by atoms with Crippen LogP contribution in [0.2, 0.25) is 0 Å². The summed E-state index contributed by atoms with van der Waals surface area (Å²) in [5.41, 5.74) is 1.25. The fourth-order valence-electron chi connectivity index (χ4n) is 1.50. The third kappa shape index (κ3) is 2.19. The van der Waals surface area contributed by atoms with Crippen LogP contribution in [0.4, 0.5) is 0 Å². The van der Waals surface area contributed by atoms with Crippen molar-refractivity contribution in [3.05, 3.63) is 23.8 Å². The molecule has 1 atom stereocenters. The molecule has 1 aliphatic rings. The van der Waals surface area contributed by atoms with Crippen molar-refractivity contribution in [3.63, 3.8) is 0 Å². The molecule has 62 valence electrons. The molecule has 1 rings (SSSR count). The molecule has 11 heavy (non-hydrogen) atoms. The second kappa shape index (κ2) is 3.22. The maximum Gasteiger partial charge on any atom is 0.0874 e. The van der Waals surface area contributed by atoms with Crippen LogP contribution in [0.5, 0.6) is 0 Å². The van der Waals surface area contributed by atoms with Crippen molar-refractivity contribution in [3.8, 4) is 0 Å². The van der Waals surface area contributed by atoms with E-state index < -0.39 is 0 Å². The minimum absolute atomic E-state index is 0.0480. The van der Waals surface area contributed by atoms with E-state index in [-0.39, 0.29) is 5.60 Å². The second-order valence-electron chi connectivity index (χ2n) is 3.24. The molecule has 0 amide bonds. The zero-order valence-corrected chi connectivity index (χ0v) is 7.55. The van der Waals surface area contributed by atoms with Crippen molar-refractivity contribution in [2.45, 2.75) is 32.8 Å². The van der Waals surface area contributed by atoms with Gasteiger partial charge in [-0.25, -0.2) is 0 Å². The van der Waals surface area contributed by atoms with Crippen molar-refractivity contribution in [2.75, 3.05) is 6.61 Å². The van der Waals surface area contributed by atoms with E-state index in [2.05, 4.69) is 32.1 Å². The van der Waals surface area contributed by atoms with Crippen LogP contribution in [0, 0.1) is 0 Å². The first-order chi connectivity index (χ1) is 5.16. The Kier molecular flexibility index (Phi) is 2.50. The summed E-state index contributed by atoms with van der Waals surface area (Å²) in [6.07, 6.45) is 7.50. The van der Waals surface area contributed by atoms with Gasteiger partial charge in [-0.05, 0) is 33.3 Å². The Morgan fingerprint density at radius 2 is 2.36 bits per heavy atom. The molecule has 0 bridgehead atoms. The van der Waals surface area contributed by atoms with Crippen LogP contribution in [0.1, 0.15) is 27.2 Å². The molecule has 0 aliphatic heterocycles. The van der Waals surface area contributed by atoms with Crippen LogP contribution in [-0.4, -0.2) is 12.2 Å². The van der Waals surface area contributed by atoms with Crippen molar-refractivity contribution in [1.82, 2.24) is 0 Å². The van der Waals surface area contributed by atoms with Crippen LogP contribution < -0.4 is 0 Å². The highest BCUT2D eigenvalue weighted by atomic mass is 16.5. The van der Waals surface area contributed by atoms with Crippen molar-refractivity contribution >= 4 is 0 Å². The molecule has 0 N–H and O–H groups in total. The molecular weight excluding hydrogens is 136 g/mol. The van der Waals surface area contributed by atoms with Crippen LogP contribution >= 0.6 is 0 Å². The van der Waals surface area contributed by atoms with Gasteiger partial charge in [-0.15, -0.1) is 0 Å². The summed E-state index contributed by atoms with van der Waals surface area (Å²) >= 11 is 0. The monoisotopic (exact) mass is 152 g/mol. The van der Waals surface area contributed by atoms with Crippen molar-refractivity contribution < 1.29 is 4.74 Å². The summed E-state index contributed by atoms with van der Waals surface area (Å²) in [6, 6.07) is 0. The van der Waals surface area contributed by atoms with E-state index in [0.29, 0.717) is 0 Å². The number of rotatable bonds is 2. The maximum absolute atomic E-state index is 5.61. The Morgan fingerprint density at radius 3 is 2.91 bits per heavy atom. The molecule has 0 fully saturated rings.